The third kappa shape index (κ3) is 2.91. The van der Waals surface area contributed by atoms with E-state index in [9.17, 15) is 9.59 Å². The third-order valence-corrected chi connectivity index (χ3v) is 3.68. The predicted octanol–water partition coefficient (Wildman–Crippen LogP) is 3.45. The zero-order valence-corrected chi connectivity index (χ0v) is 13.4. The van der Waals surface area contributed by atoms with Gasteiger partial charge in [-0.3, -0.25) is 9.59 Å². The summed E-state index contributed by atoms with van der Waals surface area (Å²) >= 11 is 5.92. The molecule has 0 spiro atoms. The molecule has 2 aromatic carbocycles. The highest BCUT2D eigenvalue weighted by molar-refractivity contribution is 6.31. The molecule has 0 saturated carbocycles. The number of primary amides is 1. The normalized spacial score (nSPS) is 10.6. The van der Waals surface area contributed by atoms with E-state index in [1.165, 1.54) is 7.11 Å². The summed E-state index contributed by atoms with van der Waals surface area (Å²) in [6, 6.07) is 11.4. The topological polar surface area (TPSA) is 94.6 Å². The highest BCUT2D eigenvalue weighted by atomic mass is 35.5. The van der Waals surface area contributed by atoms with Crippen LogP contribution in [0.25, 0.3) is 11.0 Å². The van der Waals surface area contributed by atoms with Gasteiger partial charge in [0.05, 0.1) is 7.11 Å². The second-order valence-corrected chi connectivity index (χ2v) is 5.43. The van der Waals surface area contributed by atoms with Gasteiger partial charge in [-0.1, -0.05) is 17.7 Å². The predicted molar refractivity (Wildman–Crippen MR) is 90.7 cm³/mol. The molecule has 0 unspecified atom stereocenters. The van der Waals surface area contributed by atoms with Crippen molar-refractivity contribution in [2.75, 3.05) is 12.4 Å². The number of anilines is 1. The molecule has 24 heavy (non-hydrogen) atoms. The van der Waals surface area contributed by atoms with Crippen LogP contribution in [0.15, 0.2) is 46.9 Å². The molecule has 122 valence electrons. The van der Waals surface area contributed by atoms with Gasteiger partial charge < -0.3 is 20.2 Å². The number of amides is 2. The molecule has 0 saturated heterocycles. The highest BCUT2D eigenvalue weighted by Gasteiger charge is 2.21. The number of benzene rings is 2. The number of hydrogen-bond donors (Lipinski definition) is 2. The number of ether oxygens (including phenoxy) is 1. The van der Waals surface area contributed by atoms with E-state index < -0.39 is 11.8 Å². The van der Waals surface area contributed by atoms with Crippen LogP contribution in [0.1, 0.15) is 20.9 Å². The monoisotopic (exact) mass is 344 g/mol. The first-order valence-electron chi connectivity index (χ1n) is 6.97. The molecule has 0 aliphatic rings. The Labute approximate surface area is 142 Å². The second kappa shape index (κ2) is 6.25. The molecular weight excluding hydrogens is 332 g/mol. The minimum absolute atomic E-state index is 0.136. The zero-order valence-electron chi connectivity index (χ0n) is 12.6. The number of carbonyl (C=O) groups is 2. The third-order valence-electron chi connectivity index (χ3n) is 3.45. The Bertz CT molecular complexity index is 949. The Morgan fingerprint density at radius 3 is 2.71 bits per heavy atom. The van der Waals surface area contributed by atoms with E-state index in [0.717, 1.165) is 0 Å². The van der Waals surface area contributed by atoms with Gasteiger partial charge in [0.2, 0.25) is 5.76 Å². The maximum Gasteiger partial charge on any atom is 0.286 e. The Hall–Kier alpha value is -2.99. The van der Waals surface area contributed by atoms with Crippen molar-refractivity contribution in [2.24, 2.45) is 5.73 Å². The van der Waals surface area contributed by atoms with E-state index in [4.69, 9.17) is 26.5 Å². The van der Waals surface area contributed by atoms with Crippen molar-refractivity contribution < 1.29 is 18.7 Å². The molecule has 2 amide bonds. The first kappa shape index (κ1) is 15.9. The summed E-state index contributed by atoms with van der Waals surface area (Å²) < 4.78 is 10.5. The van der Waals surface area contributed by atoms with Gasteiger partial charge in [0.1, 0.15) is 17.0 Å². The molecule has 3 rings (SSSR count). The van der Waals surface area contributed by atoms with E-state index in [1.807, 2.05) is 0 Å². The van der Waals surface area contributed by atoms with Crippen molar-refractivity contribution in [3.63, 3.8) is 0 Å². The summed E-state index contributed by atoms with van der Waals surface area (Å²) in [5, 5.41) is 3.64. The Morgan fingerprint density at radius 1 is 1.21 bits per heavy atom. The van der Waals surface area contributed by atoms with Crippen molar-refractivity contribution in [2.45, 2.75) is 0 Å². The minimum atomic E-state index is -0.789. The molecule has 0 radical (unpaired) electrons. The molecule has 3 N–H and O–H groups in total. The van der Waals surface area contributed by atoms with Gasteiger partial charge in [-0.25, -0.2) is 0 Å². The van der Waals surface area contributed by atoms with Crippen LogP contribution >= 0.6 is 11.6 Å². The first-order chi connectivity index (χ1) is 11.5. The lowest BCUT2D eigenvalue weighted by molar-refractivity contribution is 0.0977. The number of methoxy groups -OCH3 is 1. The van der Waals surface area contributed by atoms with Crippen LogP contribution < -0.4 is 15.8 Å². The fraction of sp³-hybridized carbons (Fsp3) is 0.0588. The SMILES string of the molecule is COc1cccc(C(=O)Nc2c(C(N)=O)oc3cc(Cl)ccc23)c1. The lowest BCUT2D eigenvalue weighted by atomic mass is 10.1. The van der Waals surface area contributed by atoms with Crippen molar-refractivity contribution >= 4 is 40.1 Å². The highest BCUT2D eigenvalue weighted by Crippen LogP contribution is 2.33. The molecule has 1 aromatic heterocycles. The lowest BCUT2D eigenvalue weighted by Crippen LogP contribution is -2.17. The molecular formula is C17H13ClN2O4. The minimum Gasteiger partial charge on any atom is -0.497 e. The Kier molecular flexibility index (Phi) is 4.14. The average Bonchev–Trinajstić information content (AvgIpc) is 2.92. The number of carbonyl (C=O) groups excluding carboxylic acids is 2. The number of furan rings is 1. The summed E-state index contributed by atoms with van der Waals surface area (Å²) in [7, 11) is 1.51. The lowest BCUT2D eigenvalue weighted by Gasteiger charge is -2.06. The van der Waals surface area contributed by atoms with Crippen LogP contribution in [0.3, 0.4) is 0 Å². The van der Waals surface area contributed by atoms with Gasteiger partial charge in [-0.2, -0.15) is 0 Å². The Morgan fingerprint density at radius 2 is 2.00 bits per heavy atom. The summed E-state index contributed by atoms with van der Waals surface area (Å²) in [6.45, 7) is 0. The number of nitrogens with two attached hydrogens (primary N) is 1. The van der Waals surface area contributed by atoms with Crippen LogP contribution in [0, 0.1) is 0 Å². The number of hydrogen-bond acceptors (Lipinski definition) is 4. The van der Waals surface area contributed by atoms with E-state index in [0.29, 0.717) is 27.3 Å². The van der Waals surface area contributed by atoms with Crippen molar-refractivity contribution in [3.8, 4) is 5.75 Å². The fourth-order valence-electron chi connectivity index (χ4n) is 2.32. The van der Waals surface area contributed by atoms with Gasteiger partial charge in [-0.05, 0) is 30.3 Å². The maximum atomic E-state index is 12.5. The molecule has 0 bridgehead atoms. The molecule has 6 nitrogen and oxygen atoms in total. The van der Waals surface area contributed by atoms with Gasteiger partial charge in [-0.15, -0.1) is 0 Å². The molecule has 3 aromatic rings. The largest absolute Gasteiger partial charge is 0.497 e. The van der Waals surface area contributed by atoms with E-state index in [1.54, 1.807) is 42.5 Å². The zero-order chi connectivity index (χ0) is 17.3. The standard InChI is InChI=1S/C17H13ClN2O4/c1-23-11-4-2-3-9(7-11)17(22)20-14-12-6-5-10(18)8-13(12)24-15(14)16(19)21/h2-8H,1H3,(H2,19,21)(H,20,22). The van der Waals surface area contributed by atoms with E-state index in [-0.39, 0.29) is 11.4 Å². The van der Waals surface area contributed by atoms with Crippen molar-refractivity contribution in [1.29, 1.82) is 0 Å². The summed E-state index contributed by atoms with van der Waals surface area (Å²) in [5.74, 6) is -0.803. The van der Waals surface area contributed by atoms with Gasteiger partial charge in [0, 0.05) is 22.0 Å². The van der Waals surface area contributed by atoms with Gasteiger partial charge >= 0.3 is 0 Å². The van der Waals surface area contributed by atoms with Crippen LogP contribution in [-0.4, -0.2) is 18.9 Å². The molecule has 0 aliphatic carbocycles. The second-order valence-electron chi connectivity index (χ2n) is 5.00. The quantitative estimate of drug-likeness (QED) is 0.757. The molecule has 1 heterocycles. The molecule has 0 fully saturated rings. The van der Waals surface area contributed by atoms with Crippen LogP contribution in [0.5, 0.6) is 5.75 Å². The van der Waals surface area contributed by atoms with Crippen LogP contribution in [-0.2, 0) is 0 Å². The molecule has 7 heteroatoms. The van der Waals surface area contributed by atoms with Gasteiger partial charge in [0.25, 0.3) is 11.8 Å². The van der Waals surface area contributed by atoms with Crippen molar-refractivity contribution in [1.82, 2.24) is 0 Å². The maximum absolute atomic E-state index is 12.5. The summed E-state index contributed by atoms with van der Waals surface area (Å²) in [5.41, 5.74) is 6.28. The van der Waals surface area contributed by atoms with E-state index in [2.05, 4.69) is 5.32 Å². The Balaban J connectivity index is 2.03. The number of nitrogens with one attached hydrogen (secondary N) is 1. The first-order valence-corrected chi connectivity index (χ1v) is 7.34. The van der Waals surface area contributed by atoms with E-state index >= 15 is 0 Å². The van der Waals surface area contributed by atoms with Crippen LogP contribution in [0.2, 0.25) is 5.02 Å². The average molecular weight is 345 g/mol. The number of halogens is 1. The van der Waals surface area contributed by atoms with Crippen LogP contribution in [0.4, 0.5) is 5.69 Å². The fourth-order valence-corrected chi connectivity index (χ4v) is 2.48. The number of fused-ring (bicyclic) bond motifs is 1. The molecule has 0 aliphatic heterocycles. The van der Waals surface area contributed by atoms with Gasteiger partial charge in [0.15, 0.2) is 0 Å². The summed E-state index contributed by atoms with van der Waals surface area (Å²) in [4.78, 5) is 24.1. The molecule has 0 atom stereocenters. The summed E-state index contributed by atoms with van der Waals surface area (Å²) in [6.07, 6.45) is 0. The smallest absolute Gasteiger partial charge is 0.286 e. The number of rotatable bonds is 4. The van der Waals surface area contributed by atoms with Crippen molar-refractivity contribution in [3.05, 3.63) is 58.8 Å².